The van der Waals surface area contributed by atoms with Gasteiger partial charge in [0.1, 0.15) is 0 Å². The topological polar surface area (TPSA) is 78.9 Å². The van der Waals surface area contributed by atoms with Gasteiger partial charge in [-0.2, -0.15) is 0 Å². The predicted octanol–water partition coefficient (Wildman–Crippen LogP) is 1.96. The Kier molecular flexibility index (Phi) is 7.45. The number of methoxy groups -OCH3 is 1. The zero-order valence-corrected chi connectivity index (χ0v) is 12.9. The van der Waals surface area contributed by atoms with Crippen molar-refractivity contribution < 1.29 is 19.4 Å². The molecule has 0 radical (unpaired) electrons. The minimum absolute atomic E-state index is 0.0848. The van der Waals surface area contributed by atoms with Crippen LogP contribution in [-0.2, 0) is 14.3 Å². The van der Waals surface area contributed by atoms with Crippen molar-refractivity contribution in [3.05, 3.63) is 28.2 Å². The average Bonchev–Trinajstić information content (AvgIpc) is 2.40. The third-order valence-corrected chi connectivity index (χ3v) is 3.38. The van der Waals surface area contributed by atoms with Gasteiger partial charge in [-0.05, 0) is 12.1 Å². The number of aliphatic carboxylic acids is 1. The van der Waals surface area contributed by atoms with Gasteiger partial charge in [0.2, 0.25) is 5.91 Å². The molecular weight excluding hydrogens is 319 g/mol. The summed E-state index contributed by atoms with van der Waals surface area (Å²) in [4.78, 5) is 24.2. The maximum absolute atomic E-state index is 11.9. The Morgan fingerprint density at radius 3 is 2.67 bits per heavy atom. The van der Waals surface area contributed by atoms with E-state index in [-0.39, 0.29) is 24.0 Å². The summed E-state index contributed by atoms with van der Waals surface area (Å²) in [7, 11) is 1.50. The van der Waals surface area contributed by atoms with Crippen molar-refractivity contribution in [1.29, 1.82) is 0 Å². The summed E-state index contributed by atoms with van der Waals surface area (Å²) < 4.78 is 4.88. The summed E-state index contributed by atoms with van der Waals surface area (Å²) in [5, 5.41) is 12.0. The summed E-state index contributed by atoms with van der Waals surface area (Å²) in [6, 6.07) is 4.88. The van der Waals surface area contributed by atoms with Gasteiger partial charge in [0.15, 0.2) is 0 Å². The Hall–Kier alpha value is -1.34. The zero-order valence-electron chi connectivity index (χ0n) is 11.4. The van der Waals surface area contributed by atoms with Gasteiger partial charge in [-0.1, -0.05) is 29.3 Å². The number of nitrogens with one attached hydrogen (secondary N) is 1. The second-order valence-electron chi connectivity index (χ2n) is 4.25. The van der Waals surface area contributed by atoms with E-state index in [0.717, 1.165) is 0 Å². The van der Waals surface area contributed by atoms with Crippen LogP contribution in [0.25, 0.3) is 0 Å². The third-order valence-electron chi connectivity index (χ3n) is 2.56. The molecule has 0 fully saturated rings. The van der Waals surface area contributed by atoms with Crippen LogP contribution < -0.4 is 5.32 Å². The predicted molar refractivity (Wildman–Crippen MR) is 81.0 cm³/mol. The van der Waals surface area contributed by atoms with Crippen LogP contribution >= 0.6 is 23.2 Å². The number of halogens is 2. The Balaban J connectivity index is 2.64. The van der Waals surface area contributed by atoms with E-state index in [4.69, 9.17) is 33.0 Å². The minimum atomic E-state index is -1.01. The van der Waals surface area contributed by atoms with Gasteiger partial charge in [0.05, 0.1) is 35.4 Å². The van der Waals surface area contributed by atoms with Crippen LogP contribution in [0, 0.1) is 0 Å². The first-order valence-corrected chi connectivity index (χ1v) is 6.86. The standard InChI is InChI=1S/C13H16Cl2N2O4/c1-21-6-5-17(8-12(19)20)7-11(18)16-10-4-2-3-9(14)13(10)15/h2-4H,5-8H2,1H3,(H,16,18)(H,19,20). The van der Waals surface area contributed by atoms with Crippen LogP contribution in [0.4, 0.5) is 5.69 Å². The molecule has 0 saturated carbocycles. The molecule has 0 bridgehead atoms. The smallest absolute Gasteiger partial charge is 0.317 e. The van der Waals surface area contributed by atoms with Crippen LogP contribution in [-0.4, -0.2) is 55.2 Å². The second-order valence-corrected chi connectivity index (χ2v) is 5.03. The number of ether oxygens (including phenoxy) is 1. The summed E-state index contributed by atoms with van der Waals surface area (Å²) in [6.45, 7) is 0.330. The number of anilines is 1. The number of rotatable bonds is 8. The molecule has 1 aromatic rings. The van der Waals surface area contributed by atoms with Gasteiger partial charge in [-0.15, -0.1) is 0 Å². The highest BCUT2D eigenvalue weighted by molar-refractivity contribution is 6.43. The lowest BCUT2D eigenvalue weighted by Gasteiger charge is -2.19. The molecule has 0 saturated heterocycles. The van der Waals surface area contributed by atoms with Crippen molar-refractivity contribution in [2.45, 2.75) is 0 Å². The fourth-order valence-corrected chi connectivity index (χ4v) is 1.97. The molecule has 0 aliphatic heterocycles. The number of benzene rings is 1. The minimum Gasteiger partial charge on any atom is -0.480 e. The summed E-state index contributed by atoms with van der Waals surface area (Å²) in [5.74, 6) is -1.39. The molecule has 8 heteroatoms. The molecule has 0 heterocycles. The average molecular weight is 335 g/mol. The number of nitrogens with zero attached hydrogens (tertiary/aromatic N) is 1. The molecule has 1 amide bonds. The highest BCUT2D eigenvalue weighted by Gasteiger charge is 2.15. The molecule has 0 aliphatic carbocycles. The fraction of sp³-hybridized carbons (Fsp3) is 0.385. The van der Waals surface area contributed by atoms with Gasteiger partial charge in [-0.3, -0.25) is 14.5 Å². The molecule has 1 aromatic carbocycles. The summed E-state index contributed by atoms with van der Waals surface area (Å²) >= 11 is 11.8. The fourth-order valence-electron chi connectivity index (χ4n) is 1.62. The number of hydrogen-bond acceptors (Lipinski definition) is 4. The van der Waals surface area contributed by atoms with Crippen LogP contribution in [0.15, 0.2) is 18.2 Å². The largest absolute Gasteiger partial charge is 0.480 e. The first kappa shape index (κ1) is 17.7. The number of carboxylic acids is 1. The molecule has 0 spiro atoms. The highest BCUT2D eigenvalue weighted by atomic mass is 35.5. The molecule has 0 aliphatic rings. The monoisotopic (exact) mass is 334 g/mol. The van der Waals surface area contributed by atoms with Gasteiger partial charge in [0, 0.05) is 13.7 Å². The molecule has 0 atom stereocenters. The van der Waals surface area contributed by atoms with Gasteiger partial charge in [0.25, 0.3) is 0 Å². The highest BCUT2D eigenvalue weighted by Crippen LogP contribution is 2.29. The van der Waals surface area contributed by atoms with Gasteiger partial charge >= 0.3 is 5.97 Å². The second kappa shape index (κ2) is 8.84. The van der Waals surface area contributed by atoms with E-state index in [1.807, 2.05) is 0 Å². The van der Waals surface area contributed by atoms with E-state index in [1.54, 1.807) is 18.2 Å². The van der Waals surface area contributed by atoms with Crippen molar-refractivity contribution in [3.63, 3.8) is 0 Å². The van der Waals surface area contributed by atoms with E-state index >= 15 is 0 Å². The lowest BCUT2D eigenvalue weighted by atomic mass is 10.3. The van der Waals surface area contributed by atoms with E-state index in [1.165, 1.54) is 12.0 Å². The first-order valence-electron chi connectivity index (χ1n) is 6.11. The van der Waals surface area contributed by atoms with Crippen molar-refractivity contribution in [1.82, 2.24) is 4.90 Å². The molecule has 2 N–H and O–H groups in total. The van der Waals surface area contributed by atoms with Gasteiger partial charge < -0.3 is 15.2 Å². The van der Waals surface area contributed by atoms with E-state index < -0.39 is 5.97 Å². The normalized spacial score (nSPS) is 10.7. The first-order chi connectivity index (χ1) is 9.93. The molecule has 6 nitrogen and oxygen atoms in total. The molecule has 116 valence electrons. The van der Waals surface area contributed by atoms with E-state index in [9.17, 15) is 9.59 Å². The lowest BCUT2D eigenvalue weighted by molar-refractivity contribution is -0.138. The number of amides is 1. The molecule has 0 unspecified atom stereocenters. The maximum atomic E-state index is 11.9. The number of hydrogen-bond donors (Lipinski definition) is 2. The Labute approximate surface area is 132 Å². The van der Waals surface area contributed by atoms with Gasteiger partial charge in [-0.25, -0.2) is 0 Å². The number of carbonyl (C=O) groups is 2. The van der Waals surface area contributed by atoms with Crippen LogP contribution in [0.1, 0.15) is 0 Å². The number of carbonyl (C=O) groups excluding carboxylic acids is 1. The maximum Gasteiger partial charge on any atom is 0.317 e. The Morgan fingerprint density at radius 2 is 2.05 bits per heavy atom. The van der Waals surface area contributed by atoms with Crippen LogP contribution in [0.5, 0.6) is 0 Å². The zero-order chi connectivity index (χ0) is 15.8. The van der Waals surface area contributed by atoms with Crippen molar-refractivity contribution in [2.75, 3.05) is 38.7 Å². The quantitative estimate of drug-likeness (QED) is 0.759. The molecule has 0 aromatic heterocycles. The molecule has 1 rings (SSSR count). The van der Waals surface area contributed by atoms with E-state index in [0.29, 0.717) is 23.9 Å². The summed E-state index contributed by atoms with van der Waals surface area (Å²) in [5.41, 5.74) is 0.385. The Morgan fingerprint density at radius 1 is 1.33 bits per heavy atom. The third kappa shape index (κ3) is 6.31. The van der Waals surface area contributed by atoms with Crippen LogP contribution in [0.3, 0.4) is 0 Å². The molecule has 21 heavy (non-hydrogen) atoms. The van der Waals surface area contributed by atoms with E-state index in [2.05, 4.69) is 5.32 Å². The van der Waals surface area contributed by atoms with Crippen LogP contribution in [0.2, 0.25) is 10.0 Å². The molecular formula is C13H16Cl2N2O4. The Bertz CT molecular complexity index is 511. The lowest BCUT2D eigenvalue weighted by Crippen LogP contribution is -2.38. The van der Waals surface area contributed by atoms with Crippen molar-refractivity contribution in [3.8, 4) is 0 Å². The van der Waals surface area contributed by atoms with Crippen molar-refractivity contribution in [2.24, 2.45) is 0 Å². The number of carboxylic acid groups (broad SMARTS) is 1. The SMILES string of the molecule is COCCN(CC(=O)O)CC(=O)Nc1cccc(Cl)c1Cl. The van der Waals surface area contributed by atoms with Crippen molar-refractivity contribution >= 4 is 40.8 Å². The summed E-state index contributed by atoms with van der Waals surface area (Å²) in [6.07, 6.45) is 0.